The number of halogens is 2. The van der Waals surface area contributed by atoms with Crippen LogP contribution in [0.25, 0.3) is 16.7 Å². The molecule has 0 aliphatic carbocycles. The van der Waals surface area contributed by atoms with Crippen LogP contribution in [0.3, 0.4) is 0 Å². The summed E-state index contributed by atoms with van der Waals surface area (Å²) in [6.45, 7) is 0.694. The van der Waals surface area contributed by atoms with E-state index >= 15 is 0 Å². The summed E-state index contributed by atoms with van der Waals surface area (Å²) in [4.78, 5) is 27.9. The normalized spacial score (nSPS) is 17.7. The lowest BCUT2D eigenvalue weighted by Gasteiger charge is -2.25. The van der Waals surface area contributed by atoms with E-state index in [-0.39, 0.29) is 33.5 Å². The first-order valence-corrected chi connectivity index (χ1v) is 11.4. The molecule has 0 radical (unpaired) electrons. The maximum absolute atomic E-state index is 13.3. The van der Waals surface area contributed by atoms with Gasteiger partial charge in [-0.15, -0.1) is 0 Å². The van der Waals surface area contributed by atoms with E-state index in [4.69, 9.17) is 32.7 Å². The van der Waals surface area contributed by atoms with Gasteiger partial charge in [-0.05, 0) is 24.6 Å². The van der Waals surface area contributed by atoms with Crippen LogP contribution in [0.5, 0.6) is 5.75 Å². The molecule has 2 heterocycles. The highest BCUT2D eigenvalue weighted by molar-refractivity contribution is 6.47. The molecule has 1 aliphatic rings. The molecule has 34 heavy (non-hydrogen) atoms. The Morgan fingerprint density at radius 3 is 2.59 bits per heavy atom. The molecule has 0 spiro atoms. The molecule has 1 aliphatic heterocycles. The molecule has 7 nitrogen and oxygen atoms in total. The summed E-state index contributed by atoms with van der Waals surface area (Å²) in [5.74, 6) is -1.72. The Labute approximate surface area is 207 Å². The zero-order chi connectivity index (χ0) is 24.6. The van der Waals surface area contributed by atoms with Gasteiger partial charge in [0, 0.05) is 55.0 Å². The number of methoxy groups -OCH3 is 2. The number of hydrogen-bond donors (Lipinski definition) is 1. The van der Waals surface area contributed by atoms with Gasteiger partial charge in [-0.3, -0.25) is 9.59 Å². The van der Waals surface area contributed by atoms with Crippen LogP contribution in [0.1, 0.15) is 23.6 Å². The van der Waals surface area contributed by atoms with Crippen LogP contribution in [0, 0.1) is 0 Å². The van der Waals surface area contributed by atoms with Gasteiger partial charge in [0.1, 0.15) is 11.5 Å². The molecule has 1 saturated heterocycles. The third-order valence-corrected chi connectivity index (χ3v) is 6.48. The van der Waals surface area contributed by atoms with Crippen LogP contribution in [-0.4, -0.2) is 53.6 Å². The number of aromatic nitrogens is 1. The second-order valence-corrected chi connectivity index (χ2v) is 8.86. The van der Waals surface area contributed by atoms with Crippen molar-refractivity contribution in [2.45, 2.75) is 12.5 Å². The summed E-state index contributed by atoms with van der Waals surface area (Å²) in [6, 6.07) is 9.81. The quantitative estimate of drug-likeness (QED) is 0.214. The Hall–Kier alpha value is -3.00. The fraction of sp³-hybridized carbons (Fsp3) is 0.280. The number of ether oxygens (including phenoxy) is 2. The first kappa shape index (κ1) is 24.1. The van der Waals surface area contributed by atoms with E-state index in [2.05, 4.69) is 0 Å². The van der Waals surface area contributed by atoms with Crippen LogP contribution in [0.4, 0.5) is 0 Å². The Morgan fingerprint density at radius 1 is 1.15 bits per heavy atom. The Bertz CT molecular complexity index is 1310. The fourth-order valence-electron chi connectivity index (χ4n) is 4.49. The number of aliphatic hydroxyl groups is 1. The zero-order valence-corrected chi connectivity index (χ0v) is 20.5. The molecule has 1 atom stereocenters. The second-order valence-electron chi connectivity index (χ2n) is 8.02. The SMILES string of the molecule is COCCCN1C(=O)C(=O)/C(=C(/O)c2cc(Cl)cc(Cl)c2OC)C1c1cn(C)c2ccccc12. The average Bonchev–Trinajstić information content (AvgIpc) is 3.27. The van der Waals surface area contributed by atoms with E-state index < -0.39 is 23.5 Å². The summed E-state index contributed by atoms with van der Waals surface area (Å²) in [7, 11) is 4.87. The van der Waals surface area contributed by atoms with Crippen LogP contribution < -0.4 is 4.74 Å². The average molecular weight is 503 g/mol. The lowest BCUT2D eigenvalue weighted by Crippen LogP contribution is -2.31. The summed E-state index contributed by atoms with van der Waals surface area (Å²) in [6.07, 6.45) is 2.40. The van der Waals surface area contributed by atoms with Crippen molar-refractivity contribution in [2.24, 2.45) is 7.05 Å². The minimum atomic E-state index is -0.814. The standard InChI is InChI=1S/C25H24Cl2N2O5/c1-28-13-17(15-7-4-5-8-19(15)28)21-20(23(31)25(32)29(21)9-6-10-33-2)22(30)16-11-14(26)12-18(27)24(16)34-3/h4-5,7-8,11-13,21,30H,6,9-10H2,1-3H3/b22-20+. The molecule has 1 fully saturated rings. The minimum absolute atomic E-state index is 0.0459. The third kappa shape index (κ3) is 4.04. The van der Waals surface area contributed by atoms with Crippen LogP contribution in [0.2, 0.25) is 10.0 Å². The van der Waals surface area contributed by atoms with Crippen molar-refractivity contribution < 1.29 is 24.2 Å². The van der Waals surface area contributed by atoms with E-state index in [0.717, 1.165) is 16.5 Å². The predicted molar refractivity (Wildman–Crippen MR) is 131 cm³/mol. The predicted octanol–water partition coefficient (Wildman–Crippen LogP) is 4.95. The van der Waals surface area contributed by atoms with E-state index in [1.807, 2.05) is 42.1 Å². The highest BCUT2D eigenvalue weighted by Crippen LogP contribution is 2.45. The van der Waals surface area contributed by atoms with Gasteiger partial charge in [-0.2, -0.15) is 0 Å². The highest BCUT2D eigenvalue weighted by Gasteiger charge is 2.47. The minimum Gasteiger partial charge on any atom is -0.507 e. The molecule has 178 valence electrons. The van der Waals surface area contributed by atoms with Crippen molar-refractivity contribution in [2.75, 3.05) is 27.4 Å². The number of nitrogens with zero attached hydrogens (tertiary/aromatic N) is 2. The Balaban J connectivity index is 1.98. The monoisotopic (exact) mass is 502 g/mol. The van der Waals surface area contributed by atoms with Crippen molar-refractivity contribution in [1.29, 1.82) is 0 Å². The van der Waals surface area contributed by atoms with Crippen molar-refractivity contribution in [3.05, 3.63) is 69.3 Å². The van der Waals surface area contributed by atoms with Crippen LogP contribution in [-0.2, 0) is 21.4 Å². The van der Waals surface area contributed by atoms with Gasteiger partial charge in [0.15, 0.2) is 0 Å². The largest absolute Gasteiger partial charge is 0.507 e. The zero-order valence-electron chi connectivity index (χ0n) is 19.0. The molecule has 1 N–H and O–H groups in total. The molecular weight excluding hydrogens is 479 g/mol. The number of rotatable bonds is 7. The summed E-state index contributed by atoms with van der Waals surface area (Å²) < 4.78 is 12.5. The van der Waals surface area contributed by atoms with Crippen molar-refractivity contribution in [1.82, 2.24) is 9.47 Å². The Kier molecular flexibility index (Phi) is 6.89. The molecule has 3 aromatic rings. The second kappa shape index (κ2) is 9.70. The first-order valence-electron chi connectivity index (χ1n) is 10.6. The van der Waals surface area contributed by atoms with Gasteiger partial charge in [0.25, 0.3) is 11.7 Å². The number of carbonyl (C=O) groups is 2. The number of fused-ring (bicyclic) bond motifs is 1. The smallest absolute Gasteiger partial charge is 0.295 e. The molecule has 9 heteroatoms. The van der Waals surface area contributed by atoms with Gasteiger partial charge in [0.05, 0.1) is 29.3 Å². The lowest BCUT2D eigenvalue weighted by molar-refractivity contribution is -0.140. The number of benzene rings is 2. The molecular formula is C25H24Cl2N2O5. The maximum atomic E-state index is 13.3. The molecule has 0 bridgehead atoms. The van der Waals surface area contributed by atoms with Crippen molar-refractivity contribution >= 4 is 51.6 Å². The number of para-hydroxylation sites is 1. The topological polar surface area (TPSA) is 81.0 Å². The number of hydrogen-bond acceptors (Lipinski definition) is 5. The van der Waals surface area contributed by atoms with Gasteiger partial charge in [0.2, 0.25) is 0 Å². The molecule has 2 aromatic carbocycles. The van der Waals surface area contributed by atoms with Gasteiger partial charge >= 0.3 is 0 Å². The van der Waals surface area contributed by atoms with E-state index in [0.29, 0.717) is 13.0 Å². The van der Waals surface area contributed by atoms with Crippen molar-refractivity contribution in [3.8, 4) is 5.75 Å². The number of aryl methyl sites for hydroxylation is 1. The van der Waals surface area contributed by atoms with Crippen LogP contribution >= 0.6 is 23.2 Å². The number of likely N-dealkylation sites (tertiary alicyclic amines) is 1. The number of ketones is 1. The molecule has 1 amide bonds. The number of aliphatic hydroxyl groups excluding tert-OH is 1. The van der Waals surface area contributed by atoms with E-state index in [1.165, 1.54) is 24.1 Å². The number of Topliss-reactive ketones (excluding diaryl/α,β-unsaturated/α-hetero) is 1. The van der Waals surface area contributed by atoms with E-state index in [9.17, 15) is 14.7 Å². The maximum Gasteiger partial charge on any atom is 0.295 e. The first-order chi connectivity index (χ1) is 16.3. The molecule has 1 aromatic heterocycles. The van der Waals surface area contributed by atoms with Gasteiger partial charge < -0.3 is 24.0 Å². The lowest BCUT2D eigenvalue weighted by atomic mass is 9.94. The molecule has 4 rings (SSSR count). The number of amides is 1. The Morgan fingerprint density at radius 2 is 1.88 bits per heavy atom. The highest BCUT2D eigenvalue weighted by atomic mass is 35.5. The fourth-order valence-corrected chi connectivity index (χ4v) is 5.06. The van der Waals surface area contributed by atoms with E-state index in [1.54, 1.807) is 7.11 Å². The summed E-state index contributed by atoms with van der Waals surface area (Å²) >= 11 is 12.5. The number of carbonyl (C=O) groups excluding carboxylic acids is 2. The van der Waals surface area contributed by atoms with Gasteiger partial charge in [-0.25, -0.2) is 0 Å². The van der Waals surface area contributed by atoms with Gasteiger partial charge in [-0.1, -0.05) is 41.4 Å². The molecule has 1 unspecified atom stereocenters. The van der Waals surface area contributed by atoms with Crippen LogP contribution in [0.15, 0.2) is 48.2 Å². The summed E-state index contributed by atoms with van der Waals surface area (Å²) in [5.41, 5.74) is 1.75. The third-order valence-electron chi connectivity index (χ3n) is 5.98. The molecule has 0 saturated carbocycles. The van der Waals surface area contributed by atoms with Crippen molar-refractivity contribution in [3.63, 3.8) is 0 Å². The summed E-state index contributed by atoms with van der Waals surface area (Å²) in [5, 5.41) is 12.7.